The summed E-state index contributed by atoms with van der Waals surface area (Å²) in [4.78, 5) is 27.0. The molecule has 2 aromatic rings. The van der Waals surface area contributed by atoms with Crippen LogP contribution in [0, 0.1) is 0 Å². The first kappa shape index (κ1) is 20.8. The van der Waals surface area contributed by atoms with Crippen molar-refractivity contribution in [2.45, 2.75) is 32.4 Å². The molecule has 6 heteroatoms. The lowest BCUT2D eigenvalue weighted by atomic mass is 10.1. The Kier molecular flexibility index (Phi) is 7.67. The molecule has 0 aromatic heterocycles. The molecule has 0 aliphatic rings. The van der Waals surface area contributed by atoms with Crippen LogP contribution >= 0.6 is 11.6 Å². The SMILES string of the molecule is CC[C@H](C(=O)NC)N(Cc1ccc(OC)cc1)C(=O)Cc1ccc(Cl)cc1. The van der Waals surface area contributed by atoms with Crippen LogP contribution in [0.15, 0.2) is 48.5 Å². The second-order valence-corrected chi connectivity index (χ2v) is 6.65. The van der Waals surface area contributed by atoms with Gasteiger partial charge >= 0.3 is 0 Å². The Morgan fingerprint density at radius 2 is 1.67 bits per heavy atom. The molecule has 1 N–H and O–H groups in total. The lowest BCUT2D eigenvalue weighted by molar-refractivity contribution is -0.140. The number of benzene rings is 2. The van der Waals surface area contributed by atoms with Gasteiger partial charge in [0.05, 0.1) is 13.5 Å². The molecule has 1 atom stereocenters. The third-order valence-electron chi connectivity index (χ3n) is 4.41. The maximum atomic E-state index is 13.0. The summed E-state index contributed by atoms with van der Waals surface area (Å²) in [6, 6.07) is 14.1. The number of ether oxygens (including phenoxy) is 1. The molecule has 0 heterocycles. The minimum Gasteiger partial charge on any atom is -0.497 e. The van der Waals surface area contributed by atoms with E-state index in [4.69, 9.17) is 16.3 Å². The van der Waals surface area contributed by atoms with Gasteiger partial charge < -0.3 is 15.0 Å². The topological polar surface area (TPSA) is 58.6 Å². The van der Waals surface area contributed by atoms with Gasteiger partial charge in [0.15, 0.2) is 0 Å². The van der Waals surface area contributed by atoms with Crippen molar-refractivity contribution in [2.75, 3.05) is 14.2 Å². The third-order valence-corrected chi connectivity index (χ3v) is 4.66. The molecule has 144 valence electrons. The molecule has 2 rings (SSSR count). The fraction of sp³-hybridized carbons (Fsp3) is 0.333. The van der Waals surface area contributed by atoms with Gasteiger partial charge in [-0.15, -0.1) is 0 Å². The first-order valence-electron chi connectivity index (χ1n) is 8.87. The molecule has 5 nitrogen and oxygen atoms in total. The fourth-order valence-electron chi connectivity index (χ4n) is 2.89. The van der Waals surface area contributed by atoms with Crippen molar-refractivity contribution in [3.63, 3.8) is 0 Å². The minimum absolute atomic E-state index is 0.108. The zero-order chi connectivity index (χ0) is 19.8. The highest BCUT2D eigenvalue weighted by Gasteiger charge is 2.27. The molecule has 0 saturated heterocycles. The number of carbonyl (C=O) groups excluding carboxylic acids is 2. The standard InChI is InChI=1S/C21H25ClN2O3/c1-4-19(21(26)23-2)24(14-16-7-11-18(27-3)12-8-16)20(25)13-15-5-9-17(22)10-6-15/h5-12,19H,4,13-14H2,1-3H3,(H,23,26)/t19-/m1/s1. The Morgan fingerprint density at radius 1 is 1.07 bits per heavy atom. The molecule has 0 radical (unpaired) electrons. The van der Waals surface area contributed by atoms with E-state index in [1.807, 2.05) is 43.3 Å². The number of amides is 2. The van der Waals surface area contributed by atoms with Crippen LogP contribution in [0.3, 0.4) is 0 Å². The van der Waals surface area contributed by atoms with E-state index in [2.05, 4.69) is 5.32 Å². The van der Waals surface area contributed by atoms with Gasteiger partial charge in [0.25, 0.3) is 0 Å². The number of halogens is 1. The van der Waals surface area contributed by atoms with Gasteiger partial charge in [0.2, 0.25) is 11.8 Å². The predicted octanol–water partition coefficient (Wildman–Crippen LogP) is 3.44. The van der Waals surface area contributed by atoms with E-state index in [0.717, 1.165) is 16.9 Å². The number of hydrogen-bond acceptors (Lipinski definition) is 3. The van der Waals surface area contributed by atoms with E-state index in [-0.39, 0.29) is 18.2 Å². The molecule has 0 aliphatic carbocycles. The van der Waals surface area contributed by atoms with Crippen LogP contribution < -0.4 is 10.1 Å². The molecule has 0 bridgehead atoms. The number of nitrogens with zero attached hydrogens (tertiary/aromatic N) is 1. The lowest BCUT2D eigenvalue weighted by Gasteiger charge is -2.30. The lowest BCUT2D eigenvalue weighted by Crippen LogP contribution is -2.48. The average molecular weight is 389 g/mol. The second kappa shape index (κ2) is 9.97. The average Bonchev–Trinajstić information content (AvgIpc) is 2.69. The molecular weight excluding hydrogens is 364 g/mol. The Balaban J connectivity index is 2.25. The Morgan fingerprint density at radius 3 is 2.19 bits per heavy atom. The van der Waals surface area contributed by atoms with Gasteiger partial charge in [0.1, 0.15) is 11.8 Å². The van der Waals surface area contributed by atoms with Gasteiger partial charge in [-0.2, -0.15) is 0 Å². The van der Waals surface area contributed by atoms with Crippen LogP contribution in [0.1, 0.15) is 24.5 Å². The van der Waals surface area contributed by atoms with Crippen LogP contribution in [0.2, 0.25) is 5.02 Å². The summed E-state index contributed by atoms with van der Waals surface area (Å²) in [5.74, 6) is 0.468. The zero-order valence-electron chi connectivity index (χ0n) is 15.9. The first-order valence-corrected chi connectivity index (χ1v) is 9.24. The number of likely N-dealkylation sites (N-methyl/N-ethyl adjacent to an activating group) is 1. The number of nitrogens with one attached hydrogen (secondary N) is 1. The molecule has 0 spiro atoms. The number of carbonyl (C=O) groups is 2. The summed E-state index contributed by atoms with van der Waals surface area (Å²) in [5.41, 5.74) is 1.79. The van der Waals surface area contributed by atoms with E-state index >= 15 is 0 Å². The Labute approximate surface area is 165 Å². The summed E-state index contributed by atoms with van der Waals surface area (Å²) in [5, 5.41) is 3.28. The van der Waals surface area contributed by atoms with Crippen molar-refractivity contribution < 1.29 is 14.3 Å². The second-order valence-electron chi connectivity index (χ2n) is 6.21. The highest BCUT2D eigenvalue weighted by atomic mass is 35.5. The van der Waals surface area contributed by atoms with Crippen molar-refractivity contribution >= 4 is 23.4 Å². The molecule has 2 aromatic carbocycles. The van der Waals surface area contributed by atoms with Crippen LogP contribution in [-0.2, 0) is 22.6 Å². The van der Waals surface area contributed by atoms with Crippen molar-refractivity contribution in [1.82, 2.24) is 10.2 Å². The van der Waals surface area contributed by atoms with Crippen molar-refractivity contribution in [3.8, 4) is 5.75 Å². The van der Waals surface area contributed by atoms with E-state index in [9.17, 15) is 9.59 Å². The van der Waals surface area contributed by atoms with Crippen molar-refractivity contribution in [2.24, 2.45) is 0 Å². The van der Waals surface area contributed by atoms with Crippen molar-refractivity contribution in [1.29, 1.82) is 0 Å². The van der Waals surface area contributed by atoms with Gasteiger partial charge in [-0.3, -0.25) is 9.59 Å². The van der Waals surface area contributed by atoms with Gasteiger partial charge in [0, 0.05) is 18.6 Å². The molecule has 27 heavy (non-hydrogen) atoms. The summed E-state index contributed by atoms with van der Waals surface area (Å²) < 4.78 is 5.18. The third kappa shape index (κ3) is 5.73. The van der Waals surface area contributed by atoms with E-state index in [1.165, 1.54) is 0 Å². The number of hydrogen-bond donors (Lipinski definition) is 1. The van der Waals surface area contributed by atoms with Crippen molar-refractivity contribution in [3.05, 3.63) is 64.7 Å². The molecule has 0 aliphatic heterocycles. The fourth-order valence-corrected chi connectivity index (χ4v) is 3.02. The molecular formula is C21H25ClN2O3. The summed E-state index contributed by atoms with van der Waals surface area (Å²) in [6.07, 6.45) is 0.739. The highest BCUT2D eigenvalue weighted by molar-refractivity contribution is 6.30. The number of methoxy groups -OCH3 is 1. The Bertz CT molecular complexity index is 760. The summed E-state index contributed by atoms with van der Waals surface area (Å²) in [6.45, 7) is 2.25. The Hall–Kier alpha value is -2.53. The number of rotatable bonds is 8. The van der Waals surface area contributed by atoms with E-state index in [1.54, 1.807) is 31.2 Å². The smallest absolute Gasteiger partial charge is 0.242 e. The van der Waals surface area contributed by atoms with E-state index in [0.29, 0.717) is 18.0 Å². The maximum Gasteiger partial charge on any atom is 0.242 e. The van der Waals surface area contributed by atoms with Gasteiger partial charge in [-0.05, 0) is 41.8 Å². The maximum absolute atomic E-state index is 13.0. The summed E-state index contributed by atoms with van der Waals surface area (Å²) >= 11 is 5.92. The van der Waals surface area contributed by atoms with Gasteiger partial charge in [-0.25, -0.2) is 0 Å². The predicted molar refractivity (Wildman–Crippen MR) is 107 cm³/mol. The monoisotopic (exact) mass is 388 g/mol. The van der Waals surface area contributed by atoms with Crippen LogP contribution in [0.5, 0.6) is 5.75 Å². The van der Waals surface area contributed by atoms with Crippen LogP contribution in [-0.4, -0.2) is 36.9 Å². The molecule has 0 fully saturated rings. The van der Waals surface area contributed by atoms with E-state index < -0.39 is 6.04 Å². The minimum atomic E-state index is -0.531. The quantitative estimate of drug-likeness (QED) is 0.753. The normalized spacial score (nSPS) is 11.6. The van der Waals surface area contributed by atoms with Gasteiger partial charge in [-0.1, -0.05) is 42.8 Å². The summed E-state index contributed by atoms with van der Waals surface area (Å²) in [7, 11) is 3.19. The molecule has 0 saturated carbocycles. The molecule has 2 amide bonds. The largest absolute Gasteiger partial charge is 0.497 e. The zero-order valence-corrected chi connectivity index (χ0v) is 16.6. The first-order chi connectivity index (χ1) is 13.0. The van der Waals surface area contributed by atoms with Crippen LogP contribution in [0.4, 0.5) is 0 Å². The van der Waals surface area contributed by atoms with Crippen LogP contribution in [0.25, 0.3) is 0 Å². The highest BCUT2D eigenvalue weighted by Crippen LogP contribution is 2.18. The molecule has 0 unspecified atom stereocenters.